The van der Waals surface area contributed by atoms with Gasteiger partial charge in [-0.2, -0.15) is 5.26 Å². The summed E-state index contributed by atoms with van der Waals surface area (Å²) >= 11 is 7.78. The second kappa shape index (κ2) is 5.54. The third kappa shape index (κ3) is 2.36. The molecule has 1 unspecified atom stereocenters. The van der Waals surface area contributed by atoms with Gasteiger partial charge in [-0.3, -0.25) is 0 Å². The Morgan fingerprint density at radius 3 is 2.65 bits per heavy atom. The van der Waals surface area contributed by atoms with Crippen molar-refractivity contribution >= 4 is 38.7 Å². The van der Waals surface area contributed by atoms with Crippen LogP contribution in [-0.4, -0.2) is 0 Å². The van der Waals surface area contributed by atoms with Crippen molar-refractivity contribution < 1.29 is 0 Å². The Morgan fingerprint density at radius 1 is 1.10 bits per heavy atom. The molecule has 98 valence electrons. The average Bonchev–Trinajstić information content (AvgIpc) is 2.90. The van der Waals surface area contributed by atoms with E-state index in [4.69, 9.17) is 11.6 Å². The highest BCUT2D eigenvalue weighted by Gasteiger charge is 2.16. The van der Waals surface area contributed by atoms with E-state index < -0.39 is 6.04 Å². The Hall–Kier alpha value is -2.02. The molecule has 0 fully saturated rings. The second-order valence-corrected chi connectivity index (χ2v) is 5.69. The first kappa shape index (κ1) is 13.0. The van der Waals surface area contributed by atoms with Crippen LogP contribution in [0.25, 0.3) is 10.1 Å². The van der Waals surface area contributed by atoms with Crippen molar-refractivity contribution in [3.63, 3.8) is 0 Å². The van der Waals surface area contributed by atoms with E-state index in [2.05, 4.69) is 17.5 Å². The van der Waals surface area contributed by atoms with Crippen molar-refractivity contribution in [2.24, 2.45) is 0 Å². The minimum absolute atomic E-state index is 0.411. The molecule has 1 heterocycles. The maximum atomic E-state index is 9.46. The summed E-state index contributed by atoms with van der Waals surface area (Å²) in [5.41, 5.74) is 1.77. The molecule has 4 heteroatoms. The van der Waals surface area contributed by atoms with Crippen LogP contribution in [-0.2, 0) is 0 Å². The van der Waals surface area contributed by atoms with Crippen molar-refractivity contribution in [2.45, 2.75) is 6.04 Å². The largest absolute Gasteiger partial charge is 0.365 e. The molecule has 20 heavy (non-hydrogen) atoms. The highest BCUT2D eigenvalue weighted by molar-refractivity contribution is 7.17. The molecule has 2 aromatic carbocycles. The zero-order valence-electron chi connectivity index (χ0n) is 10.5. The SMILES string of the molecule is N#CC(Nc1ccccc1Cl)c1csc2ccccc12. The van der Waals surface area contributed by atoms with Gasteiger partial charge in [0.15, 0.2) is 0 Å². The molecule has 0 amide bonds. The molecule has 0 aliphatic heterocycles. The van der Waals surface area contributed by atoms with Crippen LogP contribution in [0, 0.1) is 11.3 Å². The number of nitrogens with zero attached hydrogens (tertiary/aromatic N) is 1. The summed E-state index contributed by atoms with van der Waals surface area (Å²) in [4.78, 5) is 0. The molecule has 0 radical (unpaired) electrons. The summed E-state index contributed by atoms with van der Waals surface area (Å²) in [6, 6.07) is 17.4. The van der Waals surface area contributed by atoms with Crippen LogP contribution in [0.2, 0.25) is 5.02 Å². The summed E-state index contributed by atoms with van der Waals surface area (Å²) in [6.45, 7) is 0. The summed E-state index contributed by atoms with van der Waals surface area (Å²) in [7, 11) is 0. The number of hydrogen-bond donors (Lipinski definition) is 1. The van der Waals surface area contributed by atoms with Crippen molar-refractivity contribution in [1.82, 2.24) is 0 Å². The van der Waals surface area contributed by atoms with Crippen LogP contribution in [0.4, 0.5) is 5.69 Å². The fourth-order valence-corrected chi connectivity index (χ4v) is 3.31. The second-order valence-electron chi connectivity index (χ2n) is 4.37. The first-order valence-corrected chi connectivity index (χ1v) is 7.42. The molecule has 0 aliphatic rings. The van der Waals surface area contributed by atoms with Crippen LogP contribution < -0.4 is 5.32 Å². The minimum Gasteiger partial charge on any atom is -0.365 e. The normalized spacial score (nSPS) is 12.0. The van der Waals surface area contributed by atoms with Gasteiger partial charge in [-0.05, 0) is 29.0 Å². The van der Waals surface area contributed by atoms with Gasteiger partial charge >= 0.3 is 0 Å². The van der Waals surface area contributed by atoms with Gasteiger partial charge in [0.05, 0.1) is 16.8 Å². The molecule has 1 N–H and O–H groups in total. The lowest BCUT2D eigenvalue weighted by molar-refractivity contribution is 1.02. The number of rotatable bonds is 3. The predicted molar refractivity (Wildman–Crippen MR) is 85.3 cm³/mol. The molecule has 1 aromatic heterocycles. The lowest BCUT2D eigenvalue weighted by Gasteiger charge is -2.13. The smallest absolute Gasteiger partial charge is 0.141 e. The number of nitriles is 1. The number of para-hydroxylation sites is 1. The Balaban J connectivity index is 1.99. The Kier molecular flexibility index (Phi) is 3.60. The Morgan fingerprint density at radius 2 is 1.85 bits per heavy atom. The van der Waals surface area contributed by atoms with Gasteiger partial charge in [-0.1, -0.05) is 41.9 Å². The molecule has 0 saturated heterocycles. The number of halogens is 1. The molecule has 0 bridgehead atoms. The lowest BCUT2D eigenvalue weighted by atomic mass is 10.1. The summed E-state index contributed by atoms with van der Waals surface area (Å²) in [5.74, 6) is 0. The number of hydrogen-bond acceptors (Lipinski definition) is 3. The maximum Gasteiger partial charge on any atom is 0.141 e. The fraction of sp³-hybridized carbons (Fsp3) is 0.0625. The Labute approximate surface area is 126 Å². The van der Waals surface area contributed by atoms with E-state index in [1.54, 1.807) is 11.3 Å². The number of nitrogens with one attached hydrogen (secondary N) is 1. The van der Waals surface area contributed by atoms with Crippen LogP contribution in [0.1, 0.15) is 11.6 Å². The topological polar surface area (TPSA) is 35.8 Å². The summed E-state index contributed by atoms with van der Waals surface area (Å²) < 4.78 is 1.18. The molecule has 0 aliphatic carbocycles. The summed E-state index contributed by atoms with van der Waals surface area (Å²) in [6.07, 6.45) is 0. The van der Waals surface area contributed by atoms with Crippen molar-refractivity contribution in [3.8, 4) is 6.07 Å². The van der Waals surface area contributed by atoms with Gasteiger partial charge in [0.25, 0.3) is 0 Å². The predicted octanol–water partition coefficient (Wildman–Crippen LogP) is 5.23. The third-order valence-corrected chi connectivity index (χ3v) is 4.44. The molecule has 0 spiro atoms. The molecule has 1 atom stereocenters. The zero-order valence-corrected chi connectivity index (χ0v) is 12.1. The van der Waals surface area contributed by atoms with Crippen LogP contribution in [0.5, 0.6) is 0 Å². The molecular weight excluding hydrogens is 288 g/mol. The van der Waals surface area contributed by atoms with E-state index in [0.717, 1.165) is 16.6 Å². The van der Waals surface area contributed by atoms with Crippen molar-refractivity contribution in [1.29, 1.82) is 5.26 Å². The van der Waals surface area contributed by atoms with E-state index in [1.165, 1.54) is 4.70 Å². The molecular formula is C16H11ClN2S. The quantitative estimate of drug-likeness (QED) is 0.718. The van der Waals surface area contributed by atoms with Gasteiger partial charge < -0.3 is 5.32 Å². The fourth-order valence-electron chi connectivity index (χ4n) is 2.14. The van der Waals surface area contributed by atoms with E-state index in [-0.39, 0.29) is 0 Å². The average molecular weight is 299 g/mol. The van der Waals surface area contributed by atoms with Crippen LogP contribution in [0.3, 0.4) is 0 Å². The molecule has 0 saturated carbocycles. The monoisotopic (exact) mass is 298 g/mol. The highest BCUT2D eigenvalue weighted by atomic mass is 35.5. The summed E-state index contributed by atoms with van der Waals surface area (Å²) in [5, 5.41) is 16.4. The van der Waals surface area contributed by atoms with E-state index in [0.29, 0.717) is 5.02 Å². The van der Waals surface area contributed by atoms with Gasteiger partial charge in [0, 0.05) is 10.3 Å². The number of benzene rings is 2. The number of fused-ring (bicyclic) bond motifs is 1. The van der Waals surface area contributed by atoms with Crippen LogP contribution in [0.15, 0.2) is 53.9 Å². The minimum atomic E-state index is -0.411. The van der Waals surface area contributed by atoms with Gasteiger partial charge in [-0.15, -0.1) is 11.3 Å². The Bertz CT molecular complexity index is 788. The standard InChI is InChI=1S/C16H11ClN2S/c17-13-6-2-3-7-14(13)19-15(9-18)12-10-20-16-8-4-1-5-11(12)16/h1-8,10,15,19H. The van der Waals surface area contributed by atoms with Gasteiger partial charge in [0.2, 0.25) is 0 Å². The van der Waals surface area contributed by atoms with E-state index >= 15 is 0 Å². The maximum absolute atomic E-state index is 9.46. The van der Waals surface area contributed by atoms with Crippen molar-refractivity contribution in [3.05, 3.63) is 64.5 Å². The molecule has 3 aromatic rings. The van der Waals surface area contributed by atoms with Crippen molar-refractivity contribution in [2.75, 3.05) is 5.32 Å². The highest BCUT2D eigenvalue weighted by Crippen LogP contribution is 2.33. The van der Waals surface area contributed by atoms with Gasteiger partial charge in [-0.25, -0.2) is 0 Å². The first-order valence-electron chi connectivity index (χ1n) is 6.16. The third-order valence-electron chi connectivity index (χ3n) is 3.12. The molecule has 2 nitrogen and oxygen atoms in total. The van der Waals surface area contributed by atoms with Crippen LogP contribution >= 0.6 is 22.9 Å². The number of thiophene rings is 1. The molecule has 3 rings (SSSR count). The number of anilines is 1. The van der Waals surface area contributed by atoms with E-state index in [1.807, 2.05) is 47.8 Å². The zero-order chi connectivity index (χ0) is 13.9. The van der Waals surface area contributed by atoms with Gasteiger partial charge in [0.1, 0.15) is 6.04 Å². The van der Waals surface area contributed by atoms with E-state index in [9.17, 15) is 5.26 Å². The first-order chi connectivity index (χ1) is 9.79. The lowest BCUT2D eigenvalue weighted by Crippen LogP contribution is -2.08.